The molecule has 7 heteroatoms. The fourth-order valence-corrected chi connectivity index (χ4v) is 3.86. The lowest BCUT2D eigenvalue weighted by molar-refractivity contribution is -0.128. The zero-order valence-corrected chi connectivity index (χ0v) is 15.4. The highest BCUT2D eigenvalue weighted by atomic mass is 32.1. The third kappa shape index (κ3) is 2.84. The fraction of sp³-hybridized carbons (Fsp3) is 0.263. The Hall–Kier alpha value is -2.80. The smallest absolute Gasteiger partial charge is 0.271 e. The molecule has 0 fully saturated rings. The van der Waals surface area contributed by atoms with Crippen molar-refractivity contribution in [1.82, 2.24) is 4.98 Å². The summed E-state index contributed by atoms with van der Waals surface area (Å²) in [6.07, 6.45) is -1.16. The molecule has 3 aromatic rings. The molecule has 1 aromatic heterocycles. The van der Waals surface area contributed by atoms with Gasteiger partial charge in [-0.15, -0.1) is 0 Å². The maximum absolute atomic E-state index is 12.7. The lowest BCUT2D eigenvalue weighted by Crippen LogP contribution is -2.46. The molecule has 2 unspecified atom stereocenters. The number of benzene rings is 2. The number of ether oxygens (including phenoxy) is 3. The van der Waals surface area contributed by atoms with E-state index >= 15 is 0 Å². The van der Waals surface area contributed by atoms with Crippen LogP contribution in [0.2, 0.25) is 0 Å². The van der Waals surface area contributed by atoms with Crippen LogP contribution in [-0.4, -0.2) is 30.2 Å². The number of aromatic nitrogens is 1. The van der Waals surface area contributed by atoms with Crippen LogP contribution in [0.1, 0.15) is 12.5 Å². The van der Waals surface area contributed by atoms with Gasteiger partial charge in [0.05, 0.1) is 11.8 Å². The highest BCUT2D eigenvalue weighted by Crippen LogP contribution is 2.36. The van der Waals surface area contributed by atoms with Crippen molar-refractivity contribution in [3.05, 3.63) is 42.0 Å². The van der Waals surface area contributed by atoms with Gasteiger partial charge in [-0.05, 0) is 37.6 Å². The van der Waals surface area contributed by atoms with Crippen LogP contribution in [0, 0.1) is 6.92 Å². The Labute approximate surface area is 154 Å². The maximum atomic E-state index is 12.7. The molecule has 1 aliphatic heterocycles. The minimum Gasteiger partial charge on any atom is -0.494 e. The number of para-hydroxylation sites is 2. The number of carbonyl (C=O) groups is 1. The van der Waals surface area contributed by atoms with Crippen molar-refractivity contribution in [1.29, 1.82) is 0 Å². The Kier molecular flexibility index (Phi) is 4.16. The predicted molar refractivity (Wildman–Crippen MR) is 100 cm³/mol. The average Bonchev–Trinajstić information content (AvgIpc) is 3.06. The first-order valence-electron chi connectivity index (χ1n) is 8.24. The second-order valence-electron chi connectivity index (χ2n) is 6.08. The first-order chi connectivity index (χ1) is 12.6. The van der Waals surface area contributed by atoms with E-state index < -0.39 is 12.2 Å². The minimum absolute atomic E-state index is 0.289. The van der Waals surface area contributed by atoms with Gasteiger partial charge in [-0.3, -0.25) is 10.1 Å². The Balaban J connectivity index is 1.59. The Morgan fingerprint density at radius 1 is 1.19 bits per heavy atom. The van der Waals surface area contributed by atoms with Gasteiger partial charge >= 0.3 is 0 Å². The molecule has 26 heavy (non-hydrogen) atoms. The Morgan fingerprint density at radius 2 is 1.92 bits per heavy atom. The van der Waals surface area contributed by atoms with Crippen molar-refractivity contribution in [2.75, 3.05) is 12.4 Å². The van der Waals surface area contributed by atoms with Crippen molar-refractivity contribution in [3.8, 4) is 17.2 Å². The number of thiazole rings is 1. The zero-order valence-electron chi connectivity index (χ0n) is 14.6. The first kappa shape index (κ1) is 16.7. The number of hydrogen-bond donors (Lipinski definition) is 1. The van der Waals surface area contributed by atoms with Gasteiger partial charge in [-0.2, -0.15) is 0 Å². The molecular formula is C19H18N2O4S. The number of anilines is 1. The number of carbonyl (C=O) groups excluding carboxylic acids is 1. The lowest BCUT2D eigenvalue weighted by atomic mass is 10.1. The van der Waals surface area contributed by atoms with E-state index in [4.69, 9.17) is 14.2 Å². The van der Waals surface area contributed by atoms with Gasteiger partial charge in [0.25, 0.3) is 5.91 Å². The number of nitrogens with one attached hydrogen (secondary N) is 1. The van der Waals surface area contributed by atoms with Crippen molar-refractivity contribution < 1.29 is 19.0 Å². The van der Waals surface area contributed by atoms with Gasteiger partial charge in [-0.1, -0.05) is 29.5 Å². The van der Waals surface area contributed by atoms with Gasteiger partial charge in [-0.25, -0.2) is 4.98 Å². The molecule has 0 aliphatic carbocycles. The molecule has 2 atom stereocenters. The van der Waals surface area contributed by atoms with E-state index in [1.54, 1.807) is 13.2 Å². The lowest BCUT2D eigenvalue weighted by Gasteiger charge is -2.30. The number of nitrogens with zero attached hydrogens (tertiary/aromatic N) is 1. The summed E-state index contributed by atoms with van der Waals surface area (Å²) < 4.78 is 18.0. The van der Waals surface area contributed by atoms with Crippen molar-refractivity contribution in [3.63, 3.8) is 0 Å². The summed E-state index contributed by atoms with van der Waals surface area (Å²) in [6, 6.07) is 11.2. The number of methoxy groups -OCH3 is 1. The number of fused-ring (bicyclic) bond motifs is 2. The largest absolute Gasteiger partial charge is 0.494 e. The molecule has 1 aliphatic rings. The van der Waals surface area contributed by atoms with Crippen LogP contribution >= 0.6 is 11.3 Å². The van der Waals surface area contributed by atoms with Crippen LogP contribution in [0.25, 0.3) is 10.2 Å². The van der Waals surface area contributed by atoms with Crippen LogP contribution in [0.5, 0.6) is 17.2 Å². The first-order valence-corrected chi connectivity index (χ1v) is 9.06. The topological polar surface area (TPSA) is 69.7 Å². The highest BCUT2D eigenvalue weighted by molar-refractivity contribution is 7.22. The molecule has 2 aromatic carbocycles. The van der Waals surface area contributed by atoms with E-state index in [9.17, 15) is 4.79 Å². The van der Waals surface area contributed by atoms with E-state index in [-0.39, 0.29) is 5.91 Å². The molecule has 1 N–H and O–H groups in total. The number of rotatable bonds is 3. The monoisotopic (exact) mass is 370 g/mol. The van der Waals surface area contributed by atoms with Crippen molar-refractivity contribution >= 4 is 32.6 Å². The molecule has 1 amide bonds. The maximum Gasteiger partial charge on any atom is 0.271 e. The summed E-state index contributed by atoms with van der Waals surface area (Å²) in [5.41, 5.74) is 1.82. The van der Waals surface area contributed by atoms with Gasteiger partial charge in [0.2, 0.25) is 6.10 Å². The van der Waals surface area contributed by atoms with Crippen LogP contribution in [0.4, 0.5) is 5.13 Å². The quantitative estimate of drug-likeness (QED) is 0.760. The van der Waals surface area contributed by atoms with Crippen LogP contribution in [0.15, 0.2) is 36.4 Å². The molecule has 4 rings (SSSR count). The van der Waals surface area contributed by atoms with Crippen LogP contribution < -0.4 is 19.5 Å². The summed E-state index contributed by atoms with van der Waals surface area (Å²) >= 11 is 1.41. The third-order valence-electron chi connectivity index (χ3n) is 4.25. The van der Waals surface area contributed by atoms with E-state index in [0.29, 0.717) is 22.4 Å². The molecule has 2 heterocycles. The number of aryl methyl sites for hydroxylation is 1. The van der Waals surface area contributed by atoms with Gasteiger partial charge in [0, 0.05) is 0 Å². The second-order valence-corrected chi connectivity index (χ2v) is 7.08. The Bertz CT molecular complexity index is 985. The van der Waals surface area contributed by atoms with Crippen LogP contribution in [0.3, 0.4) is 0 Å². The Morgan fingerprint density at radius 3 is 2.65 bits per heavy atom. The van der Waals surface area contributed by atoms with Crippen LogP contribution in [-0.2, 0) is 4.79 Å². The van der Waals surface area contributed by atoms with Crippen molar-refractivity contribution in [2.45, 2.75) is 26.1 Å². The molecule has 6 nitrogen and oxygen atoms in total. The van der Waals surface area contributed by atoms with Gasteiger partial charge in [0.1, 0.15) is 17.4 Å². The number of hydrogen-bond acceptors (Lipinski definition) is 6. The molecule has 0 saturated carbocycles. The minimum atomic E-state index is -0.750. The van der Waals surface area contributed by atoms with Gasteiger partial charge < -0.3 is 14.2 Å². The summed E-state index contributed by atoms with van der Waals surface area (Å²) in [5.74, 6) is 1.60. The zero-order chi connectivity index (χ0) is 18.3. The summed E-state index contributed by atoms with van der Waals surface area (Å²) in [4.78, 5) is 17.2. The summed E-state index contributed by atoms with van der Waals surface area (Å²) in [6.45, 7) is 3.81. The third-order valence-corrected chi connectivity index (χ3v) is 5.36. The van der Waals surface area contributed by atoms with E-state index in [0.717, 1.165) is 15.8 Å². The standard InChI is InChI=1S/C19H18N2O4S/c1-10-8-9-14(23-3)15-17(10)26-19(20-15)21-18(22)16-11(2)24-12-6-4-5-7-13(12)25-16/h4-9,11,16H,1-3H3,(H,20,21,22). The van der Waals surface area contributed by atoms with Gasteiger partial charge in [0.15, 0.2) is 16.6 Å². The second kappa shape index (κ2) is 6.49. The molecular weight excluding hydrogens is 352 g/mol. The molecule has 0 saturated heterocycles. The SMILES string of the molecule is COc1ccc(C)c2sc(NC(=O)C3Oc4ccccc4OC3C)nc12. The summed E-state index contributed by atoms with van der Waals surface area (Å²) in [7, 11) is 1.61. The van der Waals surface area contributed by atoms with E-state index in [2.05, 4.69) is 10.3 Å². The predicted octanol–water partition coefficient (Wildman–Crippen LogP) is 3.78. The number of amides is 1. The molecule has 0 spiro atoms. The molecule has 0 bridgehead atoms. The molecule has 0 radical (unpaired) electrons. The van der Waals surface area contributed by atoms with Crippen molar-refractivity contribution in [2.24, 2.45) is 0 Å². The summed E-state index contributed by atoms with van der Waals surface area (Å²) in [5, 5.41) is 3.36. The molecule has 134 valence electrons. The normalized spacial score (nSPS) is 18.6. The van der Waals surface area contributed by atoms with E-state index in [1.165, 1.54) is 11.3 Å². The fourth-order valence-electron chi connectivity index (χ4n) is 2.91. The average molecular weight is 370 g/mol. The highest BCUT2D eigenvalue weighted by Gasteiger charge is 2.34. The van der Waals surface area contributed by atoms with E-state index in [1.807, 2.05) is 44.2 Å².